The average molecular weight is 393 g/mol. The molecule has 0 spiro atoms. The fraction of sp³-hybridized carbons (Fsp3) is 0.273. The monoisotopic (exact) mass is 393 g/mol. The van der Waals surface area contributed by atoms with Crippen LogP contribution in [0.3, 0.4) is 0 Å². The van der Waals surface area contributed by atoms with Crippen molar-refractivity contribution in [2.75, 3.05) is 27.9 Å². The van der Waals surface area contributed by atoms with Gasteiger partial charge in [-0.15, -0.1) is 0 Å². The van der Waals surface area contributed by atoms with Crippen LogP contribution in [0.4, 0.5) is 4.79 Å². The summed E-state index contributed by atoms with van der Waals surface area (Å²) in [6.07, 6.45) is -0.455. The molecule has 0 radical (unpaired) electrons. The Balaban J connectivity index is 1.93. The minimum atomic E-state index is -0.595. The fourth-order valence-corrected chi connectivity index (χ4v) is 4.37. The molecule has 2 aliphatic heterocycles. The van der Waals surface area contributed by atoms with E-state index in [4.69, 9.17) is 18.9 Å². The molecule has 1 atom stereocenters. The molecule has 0 N–H and O–H groups in total. The molecule has 0 unspecified atom stereocenters. The second-order valence-electron chi connectivity index (χ2n) is 7.10. The number of Topliss-reactive ketones (excluding diaryl/α,β-unsaturated/α-hetero) is 1. The van der Waals surface area contributed by atoms with Gasteiger partial charge in [-0.05, 0) is 51.4 Å². The van der Waals surface area contributed by atoms with Gasteiger partial charge in [0, 0.05) is 5.56 Å². The maximum atomic E-state index is 13.4. The Morgan fingerprint density at radius 2 is 1.59 bits per heavy atom. The van der Waals surface area contributed by atoms with Crippen molar-refractivity contribution in [3.8, 4) is 17.2 Å². The van der Waals surface area contributed by atoms with Crippen molar-refractivity contribution < 1.29 is 28.5 Å². The molecule has 0 aliphatic carbocycles. The molecule has 7 heteroatoms. The molecule has 5 rings (SSSR count). The molecule has 29 heavy (non-hydrogen) atoms. The number of cyclic esters (lactones) is 1. The molecule has 7 nitrogen and oxygen atoms in total. The van der Waals surface area contributed by atoms with Crippen LogP contribution in [0.15, 0.2) is 30.3 Å². The summed E-state index contributed by atoms with van der Waals surface area (Å²) in [6.45, 7) is 0.393. The molecular weight excluding hydrogens is 374 g/mol. The molecule has 2 aliphatic rings. The lowest BCUT2D eigenvalue weighted by Crippen LogP contribution is -2.43. The summed E-state index contributed by atoms with van der Waals surface area (Å²) in [5.74, 6) is 1.70. The zero-order valence-corrected chi connectivity index (χ0v) is 16.3. The highest BCUT2D eigenvalue weighted by Crippen LogP contribution is 2.43. The Morgan fingerprint density at radius 1 is 0.897 bits per heavy atom. The van der Waals surface area contributed by atoms with Crippen molar-refractivity contribution in [2.24, 2.45) is 0 Å². The predicted molar refractivity (Wildman–Crippen MR) is 106 cm³/mol. The van der Waals surface area contributed by atoms with Crippen LogP contribution >= 0.6 is 0 Å². The Labute approximate surface area is 166 Å². The Hall–Kier alpha value is -3.48. The van der Waals surface area contributed by atoms with Crippen LogP contribution in [0.25, 0.3) is 21.5 Å². The Morgan fingerprint density at radius 3 is 2.28 bits per heavy atom. The second-order valence-corrected chi connectivity index (χ2v) is 7.10. The number of fused-ring (bicyclic) bond motifs is 7. The summed E-state index contributed by atoms with van der Waals surface area (Å²) in [4.78, 5) is 27.1. The van der Waals surface area contributed by atoms with Gasteiger partial charge in [0.2, 0.25) is 0 Å². The molecule has 0 saturated carbocycles. The van der Waals surface area contributed by atoms with Gasteiger partial charge in [0.1, 0.15) is 18.4 Å². The Bertz CT molecular complexity index is 1200. The van der Waals surface area contributed by atoms with E-state index in [0.717, 1.165) is 27.1 Å². The lowest BCUT2D eigenvalue weighted by molar-refractivity contribution is 0.0865. The van der Waals surface area contributed by atoms with E-state index in [1.165, 1.54) is 4.90 Å². The third-order valence-corrected chi connectivity index (χ3v) is 5.79. The standard InChI is InChI=1S/C22H19NO6/c1-26-11-4-5-12-13(6-11)14-7-18(27-2)19(28-3)8-15(14)20-16(12)9-23-17(21(20)24)10-29-22(23)25/h4-8,17H,9-10H2,1-3H3/t17-/m1/s1. The van der Waals surface area contributed by atoms with Crippen LogP contribution < -0.4 is 14.2 Å². The SMILES string of the molecule is COc1ccc2c3c(c4cc(OC)c(OC)cc4c2c1)C(=O)[C@H]1COC(=O)N1C3. The number of nitrogens with zero attached hydrogens (tertiary/aromatic N) is 1. The van der Waals surface area contributed by atoms with E-state index in [2.05, 4.69) is 0 Å². The largest absolute Gasteiger partial charge is 0.497 e. The van der Waals surface area contributed by atoms with E-state index < -0.39 is 12.1 Å². The van der Waals surface area contributed by atoms with E-state index in [1.54, 1.807) is 21.3 Å². The first kappa shape index (κ1) is 17.6. The number of ketones is 1. The molecule has 0 bridgehead atoms. The first-order valence-corrected chi connectivity index (χ1v) is 9.23. The zero-order valence-electron chi connectivity index (χ0n) is 16.3. The molecule has 2 heterocycles. The van der Waals surface area contributed by atoms with Gasteiger partial charge < -0.3 is 18.9 Å². The summed E-state index contributed by atoms with van der Waals surface area (Å²) >= 11 is 0. The number of amides is 1. The highest BCUT2D eigenvalue weighted by molar-refractivity contribution is 6.22. The van der Waals surface area contributed by atoms with Crippen LogP contribution in [-0.4, -0.2) is 50.8 Å². The van der Waals surface area contributed by atoms with Crippen LogP contribution in [0.5, 0.6) is 17.2 Å². The normalized spacial score (nSPS) is 17.9. The molecule has 0 aromatic heterocycles. The molecule has 1 fully saturated rings. The number of ether oxygens (including phenoxy) is 4. The van der Waals surface area contributed by atoms with Crippen LogP contribution in [0.1, 0.15) is 15.9 Å². The van der Waals surface area contributed by atoms with Crippen molar-refractivity contribution in [3.63, 3.8) is 0 Å². The molecule has 1 saturated heterocycles. The highest BCUT2D eigenvalue weighted by atomic mass is 16.6. The summed E-state index contributed by atoms with van der Waals surface area (Å²) < 4.78 is 21.5. The summed E-state index contributed by atoms with van der Waals surface area (Å²) in [7, 11) is 4.75. The number of rotatable bonds is 3. The molecule has 148 valence electrons. The second kappa shape index (κ2) is 6.27. The quantitative estimate of drug-likeness (QED) is 0.634. The van der Waals surface area contributed by atoms with Gasteiger partial charge in [-0.2, -0.15) is 0 Å². The topological polar surface area (TPSA) is 74.3 Å². The summed E-state index contributed by atoms with van der Waals surface area (Å²) in [6, 6.07) is 8.83. The maximum absolute atomic E-state index is 13.4. The van der Waals surface area contributed by atoms with Crippen LogP contribution in [-0.2, 0) is 11.3 Å². The van der Waals surface area contributed by atoms with E-state index in [9.17, 15) is 9.59 Å². The van der Waals surface area contributed by atoms with Crippen molar-refractivity contribution >= 4 is 33.4 Å². The van der Waals surface area contributed by atoms with Gasteiger partial charge in [-0.25, -0.2) is 4.79 Å². The number of benzene rings is 3. The number of methoxy groups -OCH3 is 3. The summed E-state index contributed by atoms with van der Waals surface area (Å²) in [5.41, 5.74) is 1.42. The average Bonchev–Trinajstić information content (AvgIpc) is 3.13. The third kappa shape index (κ3) is 2.36. The number of hydrogen-bond acceptors (Lipinski definition) is 6. The number of carbonyl (C=O) groups excluding carboxylic acids is 2. The van der Waals surface area contributed by atoms with Gasteiger partial charge in [0.15, 0.2) is 17.3 Å². The van der Waals surface area contributed by atoms with Crippen molar-refractivity contribution in [1.82, 2.24) is 4.90 Å². The highest BCUT2D eigenvalue weighted by Gasteiger charge is 2.44. The molecular formula is C22H19NO6. The minimum absolute atomic E-state index is 0.0759. The van der Waals surface area contributed by atoms with E-state index >= 15 is 0 Å². The van der Waals surface area contributed by atoms with Crippen molar-refractivity contribution in [1.29, 1.82) is 0 Å². The number of hydrogen-bond donors (Lipinski definition) is 0. The zero-order chi connectivity index (χ0) is 20.3. The van der Waals surface area contributed by atoms with E-state index in [0.29, 0.717) is 29.4 Å². The molecule has 1 amide bonds. The lowest BCUT2D eigenvalue weighted by Gasteiger charge is -2.30. The van der Waals surface area contributed by atoms with Gasteiger partial charge >= 0.3 is 6.09 Å². The third-order valence-electron chi connectivity index (χ3n) is 5.79. The van der Waals surface area contributed by atoms with Crippen LogP contribution in [0.2, 0.25) is 0 Å². The van der Waals surface area contributed by atoms with Gasteiger partial charge in [-0.3, -0.25) is 9.69 Å². The van der Waals surface area contributed by atoms with E-state index in [-0.39, 0.29) is 12.4 Å². The van der Waals surface area contributed by atoms with Crippen LogP contribution in [0, 0.1) is 0 Å². The summed E-state index contributed by atoms with van der Waals surface area (Å²) in [5, 5.41) is 3.44. The first-order valence-electron chi connectivity index (χ1n) is 9.23. The maximum Gasteiger partial charge on any atom is 0.410 e. The predicted octanol–water partition coefficient (Wildman–Crippen LogP) is 3.54. The molecule has 3 aromatic carbocycles. The van der Waals surface area contributed by atoms with Gasteiger partial charge in [0.05, 0.1) is 27.9 Å². The van der Waals surface area contributed by atoms with E-state index in [1.807, 2.05) is 30.3 Å². The lowest BCUT2D eigenvalue weighted by atomic mass is 9.84. The first-order chi connectivity index (χ1) is 14.1. The molecule has 3 aromatic rings. The smallest absolute Gasteiger partial charge is 0.410 e. The Kier molecular flexibility index (Phi) is 3.81. The minimum Gasteiger partial charge on any atom is -0.497 e. The fourth-order valence-electron chi connectivity index (χ4n) is 4.37. The van der Waals surface area contributed by atoms with Crippen molar-refractivity contribution in [3.05, 3.63) is 41.5 Å². The van der Waals surface area contributed by atoms with Gasteiger partial charge in [-0.1, -0.05) is 6.07 Å². The van der Waals surface area contributed by atoms with Crippen molar-refractivity contribution in [2.45, 2.75) is 12.6 Å². The van der Waals surface area contributed by atoms with Gasteiger partial charge in [0.25, 0.3) is 0 Å². The number of carbonyl (C=O) groups is 2.